The summed E-state index contributed by atoms with van der Waals surface area (Å²) in [6, 6.07) is 11.3. The number of ether oxygens (including phenoxy) is 3. The first kappa shape index (κ1) is 21.4. The summed E-state index contributed by atoms with van der Waals surface area (Å²) in [5.41, 5.74) is 4.08. The molecule has 7 heteroatoms. The SMILES string of the molecule is CCOCn1cc(NC(=O)c2ccc(OC)c(COc3cc(C)ccc3C)c2)cn1. The molecule has 3 aromatic rings. The van der Waals surface area contributed by atoms with Gasteiger partial charge in [-0.25, -0.2) is 4.68 Å². The molecule has 0 spiro atoms. The number of methoxy groups -OCH3 is 1. The van der Waals surface area contributed by atoms with E-state index in [1.807, 2.05) is 39.0 Å². The molecule has 1 N–H and O–H groups in total. The average molecular weight is 409 g/mol. The molecule has 0 bridgehead atoms. The summed E-state index contributed by atoms with van der Waals surface area (Å²) in [4.78, 5) is 12.7. The van der Waals surface area contributed by atoms with Crippen LogP contribution >= 0.6 is 0 Å². The number of benzene rings is 2. The van der Waals surface area contributed by atoms with Gasteiger partial charge < -0.3 is 19.5 Å². The van der Waals surface area contributed by atoms with Crippen molar-refractivity contribution in [3.63, 3.8) is 0 Å². The van der Waals surface area contributed by atoms with Gasteiger partial charge in [0.1, 0.15) is 24.8 Å². The molecule has 1 aromatic heterocycles. The zero-order valence-corrected chi connectivity index (χ0v) is 17.8. The molecule has 2 aromatic carbocycles. The molecule has 3 rings (SSSR count). The fraction of sp³-hybridized carbons (Fsp3) is 0.304. The van der Waals surface area contributed by atoms with Crippen molar-refractivity contribution in [1.29, 1.82) is 0 Å². The predicted octanol–water partition coefficient (Wildman–Crippen LogP) is 4.33. The van der Waals surface area contributed by atoms with Gasteiger partial charge in [0.25, 0.3) is 5.91 Å². The standard InChI is InChI=1S/C23H27N3O4/c1-5-29-15-26-13-20(12-24-26)25-23(27)18-8-9-21(28-4)19(11-18)14-30-22-10-16(2)6-7-17(22)3/h6-13H,5,14-15H2,1-4H3,(H,25,27). The smallest absolute Gasteiger partial charge is 0.255 e. The molecule has 0 aliphatic carbocycles. The minimum atomic E-state index is -0.235. The lowest BCUT2D eigenvalue weighted by Gasteiger charge is -2.14. The normalized spacial score (nSPS) is 10.7. The van der Waals surface area contributed by atoms with E-state index in [1.165, 1.54) is 0 Å². The van der Waals surface area contributed by atoms with Crippen LogP contribution in [0.25, 0.3) is 0 Å². The second-order valence-corrected chi connectivity index (χ2v) is 6.93. The Bertz CT molecular complexity index is 1010. The zero-order chi connectivity index (χ0) is 21.5. The van der Waals surface area contributed by atoms with Crippen molar-refractivity contribution in [2.75, 3.05) is 19.0 Å². The largest absolute Gasteiger partial charge is 0.496 e. The van der Waals surface area contributed by atoms with Gasteiger partial charge in [0, 0.05) is 17.7 Å². The van der Waals surface area contributed by atoms with Crippen LogP contribution in [0.3, 0.4) is 0 Å². The van der Waals surface area contributed by atoms with Crippen molar-refractivity contribution < 1.29 is 19.0 Å². The molecule has 1 amide bonds. The van der Waals surface area contributed by atoms with E-state index >= 15 is 0 Å². The van der Waals surface area contributed by atoms with E-state index in [0.29, 0.717) is 36.9 Å². The van der Waals surface area contributed by atoms with E-state index < -0.39 is 0 Å². The van der Waals surface area contributed by atoms with Gasteiger partial charge in [-0.3, -0.25) is 4.79 Å². The molecule has 1 heterocycles. The maximum atomic E-state index is 12.7. The molecular weight excluding hydrogens is 382 g/mol. The molecule has 7 nitrogen and oxygen atoms in total. The Morgan fingerprint density at radius 3 is 2.73 bits per heavy atom. The predicted molar refractivity (Wildman–Crippen MR) is 115 cm³/mol. The van der Waals surface area contributed by atoms with Crippen molar-refractivity contribution in [2.45, 2.75) is 34.1 Å². The van der Waals surface area contributed by atoms with Crippen molar-refractivity contribution >= 4 is 11.6 Å². The fourth-order valence-electron chi connectivity index (χ4n) is 2.94. The first-order valence-electron chi connectivity index (χ1n) is 9.78. The van der Waals surface area contributed by atoms with Gasteiger partial charge in [0.15, 0.2) is 0 Å². The van der Waals surface area contributed by atoms with E-state index in [2.05, 4.69) is 10.4 Å². The van der Waals surface area contributed by atoms with Gasteiger partial charge in [0.05, 0.1) is 25.2 Å². The first-order valence-corrected chi connectivity index (χ1v) is 9.78. The highest BCUT2D eigenvalue weighted by molar-refractivity contribution is 6.04. The number of hydrogen-bond acceptors (Lipinski definition) is 5. The van der Waals surface area contributed by atoms with Gasteiger partial charge in [-0.05, 0) is 56.2 Å². The highest BCUT2D eigenvalue weighted by Crippen LogP contribution is 2.25. The monoisotopic (exact) mass is 409 g/mol. The maximum Gasteiger partial charge on any atom is 0.255 e. The Morgan fingerprint density at radius 1 is 1.13 bits per heavy atom. The highest BCUT2D eigenvalue weighted by atomic mass is 16.5. The van der Waals surface area contributed by atoms with E-state index in [9.17, 15) is 4.79 Å². The van der Waals surface area contributed by atoms with Gasteiger partial charge in [-0.15, -0.1) is 0 Å². The minimum Gasteiger partial charge on any atom is -0.496 e. The van der Waals surface area contributed by atoms with Crippen LogP contribution in [0.2, 0.25) is 0 Å². The van der Waals surface area contributed by atoms with Gasteiger partial charge in [-0.1, -0.05) is 12.1 Å². The first-order chi connectivity index (χ1) is 14.5. The fourth-order valence-corrected chi connectivity index (χ4v) is 2.94. The molecule has 0 atom stereocenters. The second-order valence-electron chi connectivity index (χ2n) is 6.93. The number of aryl methyl sites for hydroxylation is 2. The maximum absolute atomic E-state index is 12.7. The molecule has 0 fully saturated rings. The van der Waals surface area contributed by atoms with E-state index in [-0.39, 0.29) is 5.91 Å². The second kappa shape index (κ2) is 9.93. The molecule has 0 radical (unpaired) electrons. The Hall–Kier alpha value is -3.32. The summed E-state index contributed by atoms with van der Waals surface area (Å²) in [5.74, 6) is 1.25. The third kappa shape index (κ3) is 5.39. The highest BCUT2D eigenvalue weighted by Gasteiger charge is 2.13. The van der Waals surface area contributed by atoms with Crippen LogP contribution in [0.4, 0.5) is 5.69 Å². The lowest BCUT2D eigenvalue weighted by atomic mass is 10.1. The Kier molecular flexibility index (Phi) is 7.08. The van der Waals surface area contributed by atoms with Crippen molar-refractivity contribution in [3.8, 4) is 11.5 Å². The third-order valence-electron chi connectivity index (χ3n) is 4.59. The number of anilines is 1. The molecule has 0 unspecified atom stereocenters. The number of aromatic nitrogens is 2. The Labute approximate surface area is 176 Å². The van der Waals surface area contributed by atoms with Crippen LogP contribution < -0.4 is 14.8 Å². The topological polar surface area (TPSA) is 74.6 Å². The van der Waals surface area contributed by atoms with E-state index in [1.54, 1.807) is 42.4 Å². The Morgan fingerprint density at radius 2 is 1.97 bits per heavy atom. The number of carbonyl (C=O) groups excluding carboxylic acids is 1. The number of nitrogens with one attached hydrogen (secondary N) is 1. The summed E-state index contributed by atoms with van der Waals surface area (Å²) in [7, 11) is 1.60. The van der Waals surface area contributed by atoms with Gasteiger partial charge in [0.2, 0.25) is 0 Å². The average Bonchev–Trinajstić information content (AvgIpc) is 3.19. The number of amides is 1. The molecular formula is C23H27N3O4. The molecule has 0 aliphatic heterocycles. The molecule has 0 aliphatic rings. The van der Waals surface area contributed by atoms with Crippen molar-refractivity contribution in [1.82, 2.24) is 9.78 Å². The zero-order valence-electron chi connectivity index (χ0n) is 17.8. The number of rotatable bonds is 9. The van der Waals surface area contributed by atoms with Crippen LogP contribution in [-0.4, -0.2) is 29.4 Å². The van der Waals surface area contributed by atoms with Crippen LogP contribution in [0, 0.1) is 13.8 Å². The van der Waals surface area contributed by atoms with Gasteiger partial charge >= 0.3 is 0 Å². The number of hydrogen-bond donors (Lipinski definition) is 1. The van der Waals surface area contributed by atoms with Crippen molar-refractivity contribution in [2.24, 2.45) is 0 Å². The molecule has 30 heavy (non-hydrogen) atoms. The molecule has 0 saturated carbocycles. The molecule has 158 valence electrons. The Balaban J connectivity index is 1.72. The third-order valence-corrected chi connectivity index (χ3v) is 4.59. The van der Waals surface area contributed by atoms with Crippen LogP contribution in [0.15, 0.2) is 48.8 Å². The summed E-state index contributed by atoms with van der Waals surface area (Å²) in [6.45, 7) is 7.17. The minimum absolute atomic E-state index is 0.235. The van der Waals surface area contributed by atoms with Gasteiger partial charge in [-0.2, -0.15) is 5.10 Å². The summed E-state index contributed by atoms with van der Waals surface area (Å²) >= 11 is 0. The lowest BCUT2D eigenvalue weighted by Crippen LogP contribution is -2.12. The van der Waals surface area contributed by atoms with Crippen LogP contribution in [-0.2, 0) is 18.1 Å². The van der Waals surface area contributed by atoms with Crippen LogP contribution in [0.5, 0.6) is 11.5 Å². The quantitative estimate of drug-likeness (QED) is 0.569. The van der Waals surface area contributed by atoms with Crippen LogP contribution in [0.1, 0.15) is 34.0 Å². The van der Waals surface area contributed by atoms with Crippen molar-refractivity contribution in [3.05, 3.63) is 71.0 Å². The molecule has 0 saturated heterocycles. The summed E-state index contributed by atoms with van der Waals surface area (Å²) in [6.07, 6.45) is 3.31. The number of nitrogens with zero attached hydrogens (tertiary/aromatic N) is 2. The summed E-state index contributed by atoms with van der Waals surface area (Å²) in [5, 5.41) is 7.01. The lowest BCUT2D eigenvalue weighted by molar-refractivity contribution is 0.0792. The van der Waals surface area contributed by atoms with E-state index in [0.717, 1.165) is 22.4 Å². The summed E-state index contributed by atoms with van der Waals surface area (Å²) < 4.78 is 18.4. The van der Waals surface area contributed by atoms with E-state index in [4.69, 9.17) is 14.2 Å². The number of carbonyl (C=O) groups is 1.